The molecule has 8 nitrogen and oxygen atoms in total. The van der Waals surface area contributed by atoms with Crippen molar-refractivity contribution in [2.24, 2.45) is 0 Å². The van der Waals surface area contributed by atoms with Crippen LogP contribution in [0.5, 0.6) is 0 Å². The predicted octanol–water partition coefficient (Wildman–Crippen LogP) is 3.47. The highest BCUT2D eigenvalue weighted by Crippen LogP contribution is 2.23. The minimum absolute atomic E-state index is 0.403. The van der Waals surface area contributed by atoms with E-state index in [1.54, 1.807) is 0 Å². The molecule has 8 heteroatoms. The lowest BCUT2D eigenvalue weighted by atomic mass is 10.0. The standard InChI is InChI=1S/C25H35N5O3/c1-25(2,3)33-24(31)28-16-19-5-4-6-20(15-19)21-17-26-23(27-18-21)30-9-7-22(8-10-30)29-11-13-32-14-12-29/h4-6,15,17-18,22H,7-14,16H2,1-3H3,(H,28,31). The highest BCUT2D eigenvalue weighted by Gasteiger charge is 2.26. The number of rotatable bonds is 5. The molecule has 0 bridgehead atoms. The summed E-state index contributed by atoms with van der Waals surface area (Å²) in [6, 6.07) is 8.68. The molecule has 2 saturated heterocycles. The number of hydrogen-bond donors (Lipinski definition) is 1. The van der Waals surface area contributed by atoms with Gasteiger partial charge in [0.2, 0.25) is 5.95 Å². The summed E-state index contributed by atoms with van der Waals surface area (Å²) in [5.41, 5.74) is 2.47. The number of morpholine rings is 1. The van der Waals surface area contributed by atoms with Crippen LogP contribution < -0.4 is 10.2 Å². The highest BCUT2D eigenvalue weighted by atomic mass is 16.6. The van der Waals surface area contributed by atoms with Crippen LogP contribution in [0.15, 0.2) is 36.7 Å². The fraction of sp³-hybridized carbons (Fsp3) is 0.560. The summed E-state index contributed by atoms with van der Waals surface area (Å²) in [6.45, 7) is 11.7. The van der Waals surface area contributed by atoms with Crippen molar-refractivity contribution in [2.75, 3.05) is 44.3 Å². The number of amides is 1. The van der Waals surface area contributed by atoms with Gasteiger partial charge in [-0.2, -0.15) is 0 Å². The van der Waals surface area contributed by atoms with Gasteiger partial charge in [0.15, 0.2) is 0 Å². The maximum Gasteiger partial charge on any atom is 0.407 e. The molecule has 1 aromatic carbocycles. The number of carbonyl (C=O) groups excluding carboxylic acids is 1. The van der Waals surface area contributed by atoms with Crippen molar-refractivity contribution >= 4 is 12.0 Å². The maximum absolute atomic E-state index is 11.9. The summed E-state index contributed by atoms with van der Waals surface area (Å²) in [6.07, 6.45) is 5.63. The van der Waals surface area contributed by atoms with Crippen molar-refractivity contribution in [3.05, 3.63) is 42.2 Å². The molecule has 178 valence electrons. The van der Waals surface area contributed by atoms with Crippen LogP contribution in [0, 0.1) is 0 Å². The summed E-state index contributed by atoms with van der Waals surface area (Å²) in [7, 11) is 0. The Morgan fingerprint density at radius 2 is 1.79 bits per heavy atom. The fourth-order valence-corrected chi connectivity index (χ4v) is 4.36. The smallest absolute Gasteiger partial charge is 0.407 e. The van der Waals surface area contributed by atoms with Gasteiger partial charge in [0, 0.05) is 56.7 Å². The van der Waals surface area contributed by atoms with Crippen molar-refractivity contribution in [3.63, 3.8) is 0 Å². The number of piperidine rings is 1. The molecule has 0 unspecified atom stereocenters. The topological polar surface area (TPSA) is 79.8 Å². The van der Waals surface area contributed by atoms with E-state index in [9.17, 15) is 4.79 Å². The number of nitrogens with one attached hydrogen (secondary N) is 1. The lowest BCUT2D eigenvalue weighted by Crippen LogP contribution is -2.49. The molecular weight excluding hydrogens is 418 g/mol. The monoisotopic (exact) mass is 453 g/mol. The number of nitrogens with zero attached hydrogens (tertiary/aromatic N) is 4. The molecule has 1 aromatic heterocycles. The lowest BCUT2D eigenvalue weighted by molar-refractivity contribution is 0.0114. The second kappa shape index (κ2) is 10.5. The van der Waals surface area contributed by atoms with Gasteiger partial charge in [-0.3, -0.25) is 4.90 Å². The van der Waals surface area contributed by atoms with Gasteiger partial charge in [0.1, 0.15) is 5.60 Å². The van der Waals surface area contributed by atoms with Gasteiger partial charge in [-0.15, -0.1) is 0 Å². The van der Waals surface area contributed by atoms with Crippen molar-refractivity contribution in [2.45, 2.75) is 51.8 Å². The van der Waals surface area contributed by atoms with Crippen LogP contribution in [-0.4, -0.2) is 72.0 Å². The third-order valence-electron chi connectivity index (χ3n) is 6.04. The third-order valence-corrected chi connectivity index (χ3v) is 6.04. The van der Waals surface area contributed by atoms with Gasteiger partial charge >= 0.3 is 6.09 Å². The summed E-state index contributed by atoms with van der Waals surface area (Å²) in [5, 5.41) is 2.80. The Bertz CT molecular complexity index is 914. The SMILES string of the molecule is CC(C)(C)OC(=O)NCc1cccc(-c2cnc(N3CCC(N4CCOCC4)CC3)nc2)c1. The van der Waals surface area contributed by atoms with Crippen LogP contribution in [-0.2, 0) is 16.0 Å². The molecule has 2 aromatic rings. The predicted molar refractivity (Wildman–Crippen MR) is 128 cm³/mol. The minimum atomic E-state index is -0.511. The average Bonchev–Trinajstić information content (AvgIpc) is 2.83. The quantitative estimate of drug-likeness (QED) is 0.743. The Hall–Kier alpha value is -2.71. The van der Waals surface area contributed by atoms with Crippen molar-refractivity contribution < 1.29 is 14.3 Å². The normalized spacial score (nSPS) is 18.2. The van der Waals surface area contributed by atoms with Crippen LogP contribution in [0.1, 0.15) is 39.2 Å². The summed E-state index contributed by atoms with van der Waals surface area (Å²) < 4.78 is 10.8. The first-order valence-electron chi connectivity index (χ1n) is 11.8. The Kier molecular flexibility index (Phi) is 7.45. The van der Waals surface area contributed by atoms with Crippen LogP contribution in [0.3, 0.4) is 0 Å². The summed E-state index contributed by atoms with van der Waals surface area (Å²) in [5.74, 6) is 0.793. The van der Waals surface area contributed by atoms with Gasteiger partial charge < -0.3 is 19.7 Å². The second-order valence-corrected chi connectivity index (χ2v) is 9.69. The van der Waals surface area contributed by atoms with Gasteiger partial charge in [0.25, 0.3) is 0 Å². The zero-order valence-electron chi connectivity index (χ0n) is 19.9. The van der Waals surface area contributed by atoms with Crippen molar-refractivity contribution in [1.82, 2.24) is 20.2 Å². The molecule has 0 radical (unpaired) electrons. The van der Waals surface area contributed by atoms with E-state index >= 15 is 0 Å². The van der Waals surface area contributed by atoms with E-state index < -0.39 is 11.7 Å². The zero-order valence-corrected chi connectivity index (χ0v) is 19.9. The first kappa shape index (κ1) is 23.4. The number of benzene rings is 1. The van der Waals surface area contributed by atoms with E-state index in [0.717, 1.165) is 74.9 Å². The van der Waals surface area contributed by atoms with E-state index in [1.165, 1.54) is 0 Å². The molecule has 2 fully saturated rings. The van der Waals surface area contributed by atoms with Crippen molar-refractivity contribution in [1.29, 1.82) is 0 Å². The molecule has 4 rings (SSSR count). The summed E-state index contributed by atoms with van der Waals surface area (Å²) in [4.78, 5) is 26.1. The minimum Gasteiger partial charge on any atom is -0.444 e. The Morgan fingerprint density at radius 3 is 2.45 bits per heavy atom. The fourth-order valence-electron chi connectivity index (χ4n) is 4.36. The molecule has 0 atom stereocenters. The molecule has 0 spiro atoms. The number of carbonyl (C=O) groups is 1. The Labute approximate surface area is 196 Å². The van der Waals surface area contributed by atoms with Crippen LogP contribution >= 0.6 is 0 Å². The molecule has 33 heavy (non-hydrogen) atoms. The molecule has 1 N–H and O–H groups in total. The second-order valence-electron chi connectivity index (χ2n) is 9.69. The molecular formula is C25H35N5O3. The van der Waals surface area contributed by atoms with E-state index in [1.807, 2.05) is 57.4 Å². The first-order valence-corrected chi connectivity index (χ1v) is 11.8. The molecule has 0 aliphatic carbocycles. The molecule has 3 heterocycles. The lowest BCUT2D eigenvalue weighted by Gasteiger charge is -2.40. The number of hydrogen-bond acceptors (Lipinski definition) is 7. The number of ether oxygens (including phenoxy) is 2. The van der Waals surface area contributed by atoms with Crippen LogP contribution in [0.25, 0.3) is 11.1 Å². The first-order chi connectivity index (χ1) is 15.9. The molecule has 2 aliphatic rings. The van der Waals surface area contributed by atoms with E-state index in [0.29, 0.717) is 12.6 Å². The van der Waals surface area contributed by atoms with Gasteiger partial charge in [0.05, 0.1) is 13.2 Å². The van der Waals surface area contributed by atoms with Crippen molar-refractivity contribution in [3.8, 4) is 11.1 Å². The number of anilines is 1. The Morgan fingerprint density at radius 1 is 1.09 bits per heavy atom. The van der Waals surface area contributed by atoms with E-state index in [-0.39, 0.29) is 0 Å². The van der Waals surface area contributed by atoms with Gasteiger partial charge in [-0.1, -0.05) is 18.2 Å². The average molecular weight is 454 g/mol. The van der Waals surface area contributed by atoms with Crippen LogP contribution in [0.2, 0.25) is 0 Å². The number of alkyl carbamates (subject to hydrolysis) is 1. The third kappa shape index (κ3) is 6.65. The number of aromatic nitrogens is 2. The van der Waals surface area contributed by atoms with Gasteiger partial charge in [-0.25, -0.2) is 14.8 Å². The van der Waals surface area contributed by atoms with E-state index in [2.05, 4.69) is 25.1 Å². The largest absolute Gasteiger partial charge is 0.444 e. The zero-order chi connectivity index (χ0) is 23.3. The van der Waals surface area contributed by atoms with Crippen LogP contribution in [0.4, 0.5) is 10.7 Å². The summed E-state index contributed by atoms with van der Waals surface area (Å²) >= 11 is 0. The maximum atomic E-state index is 11.9. The van der Waals surface area contributed by atoms with E-state index in [4.69, 9.17) is 9.47 Å². The molecule has 1 amide bonds. The molecule has 0 saturated carbocycles. The molecule has 2 aliphatic heterocycles. The van der Waals surface area contributed by atoms with Gasteiger partial charge in [-0.05, 0) is 50.8 Å². The highest BCUT2D eigenvalue weighted by molar-refractivity contribution is 5.68. The Balaban J connectivity index is 1.32.